The van der Waals surface area contributed by atoms with Crippen LogP contribution in [0.2, 0.25) is 0 Å². The summed E-state index contributed by atoms with van der Waals surface area (Å²) >= 11 is 0. The summed E-state index contributed by atoms with van der Waals surface area (Å²) in [5.74, 6) is 0. The van der Waals surface area contributed by atoms with Gasteiger partial charge >= 0.3 is 0 Å². The average molecular weight is 128 g/mol. The van der Waals surface area contributed by atoms with E-state index in [0.717, 1.165) is 6.42 Å². The van der Waals surface area contributed by atoms with E-state index in [-0.39, 0.29) is 5.60 Å². The molecule has 0 amide bonds. The summed E-state index contributed by atoms with van der Waals surface area (Å²) in [6.07, 6.45) is 5.27. The lowest BCUT2D eigenvalue weighted by molar-refractivity contribution is 0.0654. The molecule has 0 aliphatic carbocycles. The molecule has 0 aromatic carbocycles. The van der Waals surface area contributed by atoms with Crippen LogP contribution in [0.1, 0.15) is 27.2 Å². The zero-order chi connectivity index (χ0) is 7.33. The molecule has 54 valence electrons. The van der Waals surface area contributed by atoms with Crippen molar-refractivity contribution >= 4 is 0 Å². The monoisotopic (exact) mass is 128 g/mol. The Balaban J connectivity index is 3.70. The third-order valence-corrected chi connectivity index (χ3v) is 1.28. The van der Waals surface area contributed by atoms with Gasteiger partial charge in [0.05, 0.1) is 5.60 Å². The lowest BCUT2D eigenvalue weighted by Gasteiger charge is -2.17. The third kappa shape index (κ3) is 4.22. The summed E-state index contributed by atoms with van der Waals surface area (Å²) in [5.41, 5.74) is -0.0873. The second-order valence-electron chi connectivity index (χ2n) is 2.62. The van der Waals surface area contributed by atoms with Crippen LogP contribution in [0, 0.1) is 0 Å². The molecule has 0 heterocycles. The predicted octanol–water partition coefficient (Wildman–Crippen LogP) is 2.38. The fourth-order valence-corrected chi connectivity index (χ4v) is 0.470. The van der Waals surface area contributed by atoms with Gasteiger partial charge in [-0.05, 0) is 20.3 Å². The summed E-state index contributed by atoms with van der Waals surface area (Å²) < 4.78 is 5.15. The van der Waals surface area contributed by atoms with E-state index in [2.05, 4.69) is 19.1 Å². The molecule has 0 aromatic rings. The maximum absolute atomic E-state index is 5.15. The maximum Gasteiger partial charge on any atom is 0.0802 e. The quantitative estimate of drug-likeness (QED) is 0.530. The van der Waals surface area contributed by atoms with E-state index in [9.17, 15) is 0 Å². The van der Waals surface area contributed by atoms with Crippen LogP contribution in [0.3, 0.4) is 0 Å². The van der Waals surface area contributed by atoms with Gasteiger partial charge in [-0.25, -0.2) is 0 Å². The van der Waals surface area contributed by atoms with Crippen LogP contribution >= 0.6 is 0 Å². The predicted molar refractivity (Wildman–Crippen MR) is 40.5 cm³/mol. The molecule has 0 N–H and O–H groups in total. The highest BCUT2D eigenvalue weighted by Gasteiger charge is 2.09. The topological polar surface area (TPSA) is 9.23 Å². The van der Waals surface area contributed by atoms with Crippen LogP contribution in [0.4, 0.5) is 0 Å². The molecule has 0 rings (SSSR count). The van der Waals surface area contributed by atoms with Crippen molar-refractivity contribution in [1.82, 2.24) is 0 Å². The van der Waals surface area contributed by atoms with Gasteiger partial charge in [-0.3, -0.25) is 0 Å². The van der Waals surface area contributed by atoms with Gasteiger partial charge in [0.1, 0.15) is 0 Å². The molecule has 9 heavy (non-hydrogen) atoms. The van der Waals surface area contributed by atoms with Crippen LogP contribution < -0.4 is 0 Å². The molecule has 0 unspecified atom stereocenters. The summed E-state index contributed by atoms with van der Waals surface area (Å²) in [6, 6.07) is 0. The van der Waals surface area contributed by atoms with Gasteiger partial charge in [-0.2, -0.15) is 0 Å². The Morgan fingerprint density at radius 1 is 1.44 bits per heavy atom. The lowest BCUT2D eigenvalue weighted by Crippen LogP contribution is -2.18. The molecule has 0 saturated heterocycles. The lowest BCUT2D eigenvalue weighted by atomic mass is 10.1. The number of hydrogen-bond acceptors (Lipinski definition) is 1. The summed E-state index contributed by atoms with van der Waals surface area (Å²) in [6.45, 7) is 6.20. The molecule has 0 bridgehead atoms. The summed E-state index contributed by atoms with van der Waals surface area (Å²) in [5, 5.41) is 0. The van der Waals surface area contributed by atoms with E-state index < -0.39 is 0 Å². The molecule has 0 spiro atoms. The molecular formula is C8H16O. The Morgan fingerprint density at radius 2 is 2.00 bits per heavy atom. The Hall–Kier alpha value is -0.300. The summed E-state index contributed by atoms with van der Waals surface area (Å²) in [4.78, 5) is 0. The van der Waals surface area contributed by atoms with E-state index >= 15 is 0 Å². The van der Waals surface area contributed by atoms with Gasteiger partial charge in [0, 0.05) is 7.11 Å². The van der Waals surface area contributed by atoms with Crippen molar-refractivity contribution in [3.8, 4) is 0 Å². The number of methoxy groups -OCH3 is 1. The molecular weight excluding hydrogens is 112 g/mol. The van der Waals surface area contributed by atoms with Gasteiger partial charge in [0.25, 0.3) is 0 Å². The van der Waals surface area contributed by atoms with Crippen molar-refractivity contribution in [2.24, 2.45) is 0 Å². The van der Waals surface area contributed by atoms with Crippen molar-refractivity contribution < 1.29 is 4.74 Å². The molecule has 1 heteroatoms. The van der Waals surface area contributed by atoms with E-state index in [1.807, 2.05) is 13.8 Å². The van der Waals surface area contributed by atoms with Gasteiger partial charge in [-0.1, -0.05) is 19.1 Å². The Kier molecular flexibility index (Phi) is 3.55. The van der Waals surface area contributed by atoms with E-state index in [1.54, 1.807) is 7.11 Å². The van der Waals surface area contributed by atoms with E-state index in [4.69, 9.17) is 4.74 Å². The molecule has 1 nitrogen and oxygen atoms in total. The van der Waals surface area contributed by atoms with Crippen molar-refractivity contribution in [2.75, 3.05) is 7.11 Å². The SMILES string of the molecule is CC/C=C\C(C)(C)OC. The minimum absolute atomic E-state index is 0.0873. The Labute approximate surface area is 57.7 Å². The third-order valence-electron chi connectivity index (χ3n) is 1.28. The van der Waals surface area contributed by atoms with E-state index in [0.29, 0.717) is 0 Å². The smallest absolute Gasteiger partial charge is 0.0802 e. The second-order valence-corrected chi connectivity index (χ2v) is 2.62. The molecule has 0 fully saturated rings. The first kappa shape index (κ1) is 8.70. The van der Waals surface area contributed by atoms with Crippen LogP contribution in [-0.2, 0) is 4.74 Å². The second kappa shape index (κ2) is 3.67. The minimum atomic E-state index is -0.0873. The largest absolute Gasteiger partial charge is 0.375 e. The van der Waals surface area contributed by atoms with Gasteiger partial charge in [0.2, 0.25) is 0 Å². The highest BCUT2D eigenvalue weighted by molar-refractivity contribution is 4.95. The fraction of sp³-hybridized carbons (Fsp3) is 0.750. The van der Waals surface area contributed by atoms with Crippen molar-refractivity contribution in [2.45, 2.75) is 32.8 Å². The highest BCUT2D eigenvalue weighted by atomic mass is 16.5. The Bertz CT molecular complexity index is 92.7. The van der Waals surface area contributed by atoms with Crippen LogP contribution in [0.25, 0.3) is 0 Å². The van der Waals surface area contributed by atoms with E-state index in [1.165, 1.54) is 0 Å². The first-order valence-corrected chi connectivity index (χ1v) is 3.35. The standard InChI is InChI=1S/C8H16O/c1-5-6-7-8(2,3)9-4/h6-7H,5H2,1-4H3/b7-6-. The molecule has 0 saturated carbocycles. The molecule has 0 aromatic heterocycles. The van der Waals surface area contributed by atoms with Crippen molar-refractivity contribution in [3.05, 3.63) is 12.2 Å². The first-order chi connectivity index (χ1) is 4.12. The van der Waals surface area contributed by atoms with Gasteiger partial charge < -0.3 is 4.74 Å². The average Bonchev–Trinajstić information content (AvgIpc) is 1.84. The minimum Gasteiger partial charge on any atom is -0.375 e. The zero-order valence-electron chi connectivity index (χ0n) is 6.77. The number of rotatable bonds is 3. The molecule has 0 aliphatic rings. The first-order valence-electron chi connectivity index (χ1n) is 3.35. The number of ether oxygens (including phenoxy) is 1. The number of allylic oxidation sites excluding steroid dienone is 1. The van der Waals surface area contributed by atoms with Gasteiger partial charge in [-0.15, -0.1) is 0 Å². The summed E-state index contributed by atoms with van der Waals surface area (Å²) in [7, 11) is 1.72. The number of hydrogen-bond donors (Lipinski definition) is 0. The zero-order valence-corrected chi connectivity index (χ0v) is 6.77. The Morgan fingerprint density at radius 3 is 2.33 bits per heavy atom. The highest BCUT2D eigenvalue weighted by Crippen LogP contribution is 2.08. The molecule has 0 radical (unpaired) electrons. The molecule has 0 aliphatic heterocycles. The van der Waals surface area contributed by atoms with Crippen molar-refractivity contribution in [3.63, 3.8) is 0 Å². The molecule has 0 atom stereocenters. The van der Waals surface area contributed by atoms with Crippen LogP contribution in [-0.4, -0.2) is 12.7 Å². The van der Waals surface area contributed by atoms with Crippen LogP contribution in [0.5, 0.6) is 0 Å². The van der Waals surface area contributed by atoms with Crippen LogP contribution in [0.15, 0.2) is 12.2 Å². The van der Waals surface area contributed by atoms with Crippen molar-refractivity contribution in [1.29, 1.82) is 0 Å². The van der Waals surface area contributed by atoms with Gasteiger partial charge in [0.15, 0.2) is 0 Å². The normalized spacial score (nSPS) is 12.9. The maximum atomic E-state index is 5.15. The fourth-order valence-electron chi connectivity index (χ4n) is 0.470.